The van der Waals surface area contributed by atoms with E-state index in [-0.39, 0.29) is 35.7 Å². The number of urea groups is 1. The Hall–Kier alpha value is -2.19. The summed E-state index contributed by atoms with van der Waals surface area (Å²) in [6.07, 6.45) is 1.40. The maximum atomic E-state index is 13.6. The first-order valence-corrected chi connectivity index (χ1v) is 16.5. The molecule has 14 heteroatoms. The van der Waals surface area contributed by atoms with Crippen molar-refractivity contribution in [3.05, 3.63) is 56.5 Å². The van der Waals surface area contributed by atoms with Gasteiger partial charge in [-0.15, -0.1) is 11.6 Å². The van der Waals surface area contributed by atoms with E-state index in [1.165, 1.54) is 12.1 Å². The Morgan fingerprint density at radius 3 is 2.42 bits per heavy atom. The number of hydrogen-bond donors (Lipinski definition) is 3. The number of piperidine rings is 1. The second kappa shape index (κ2) is 13.2. The van der Waals surface area contributed by atoms with Crippen molar-refractivity contribution < 1.29 is 22.8 Å². The fourth-order valence-electron chi connectivity index (χ4n) is 4.96. The zero-order valence-corrected chi connectivity index (χ0v) is 26.3. The number of ketones is 1. The Morgan fingerprint density at radius 1 is 1.12 bits per heavy atom. The lowest BCUT2D eigenvalue weighted by molar-refractivity contribution is -0.134. The molecule has 1 unspecified atom stereocenters. The number of sulfonamides is 1. The minimum Gasteiger partial charge on any atom is -0.397 e. The van der Waals surface area contributed by atoms with Crippen LogP contribution in [0.3, 0.4) is 0 Å². The van der Waals surface area contributed by atoms with E-state index in [2.05, 4.69) is 41.9 Å². The van der Waals surface area contributed by atoms with Gasteiger partial charge in [-0.25, -0.2) is 17.9 Å². The van der Waals surface area contributed by atoms with E-state index in [0.29, 0.717) is 47.1 Å². The number of anilines is 2. The van der Waals surface area contributed by atoms with Crippen LogP contribution in [0, 0.1) is 0 Å². The van der Waals surface area contributed by atoms with Gasteiger partial charge in [-0.3, -0.25) is 9.59 Å². The highest BCUT2D eigenvalue weighted by Crippen LogP contribution is 2.30. The fraction of sp³-hybridized carbons (Fsp3) is 0.423. The normalized spacial score (nSPS) is 17.1. The molecule has 40 heavy (non-hydrogen) atoms. The van der Waals surface area contributed by atoms with Gasteiger partial charge in [0, 0.05) is 58.2 Å². The van der Waals surface area contributed by atoms with Gasteiger partial charge in [-0.05, 0) is 74.9 Å². The standard InChI is InChI=1S/C26H30Br2ClN5O5S/c27-19-13-17(14-20(28)24(19)30)23(35)15-22(32-40(38,39)12-8-29)25(36)33-9-6-18(7-10-33)34-11-5-16-3-1-2-4-21(16)31-26(34)37/h1-4,13-14,18,22,32H,5-12,15,30H2,(H,31,37). The molecular formula is C26H30Br2ClN5O5S. The number of nitrogens with one attached hydrogen (secondary N) is 2. The number of alkyl halides is 1. The lowest BCUT2D eigenvalue weighted by Crippen LogP contribution is -2.55. The van der Waals surface area contributed by atoms with E-state index in [1.54, 1.807) is 4.90 Å². The summed E-state index contributed by atoms with van der Waals surface area (Å²) in [5.74, 6) is -1.47. The van der Waals surface area contributed by atoms with Crippen LogP contribution in [0.25, 0.3) is 0 Å². The molecule has 2 heterocycles. The third-order valence-corrected chi connectivity index (χ3v) is 10.2. The number of likely N-dealkylation sites (tertiary alicyclic amines) is 1. The molecule has 4 rings (SSSR count). The molecule has 2 aromatic carbocycles. The number of nitrogens with zero attached hydrogens (tertiary/aromatic N) is 2. The Balaban J connectivity index is 1.45. The monoisotopic (exact) mass is 717 g/mol. The van der Waals surface area contributed by atoms with E-state index in [9.17, 15) is 22.8 Å². The molecule has 1 fully saturated rings. The highest BCUT2D eigenvalue weighted by molar-refractivity contribution is 9.11. The number of benzene rings is 2. The number of nitrogens with two attached hydrogens (primary N) is 1. The van der Waals surface area contributed by atoms with E-state index in [1.807, 2.05) is 29.2 Å². The average Bonchev–Trinajstić information content (AvgIpc) is 3.08. The molecule has 2 aromatic rings. The van der Waals surface area contributed by atoms with E-state index >= 15 is 0 Å². The molecular weight excluding hydrogens is 690 g/mol. The number of nitrogen functional groups attached to an aromatic ring is 1. The first kappa shape index (κ1) is 30.8. The molecule has 1 saturated heterocycles. The third kappa shape index (κ3) is 7.35. The van der Waals surface area contributed by atoms with Gasteiger partial charge in [0.2, 0.25) is 15.9 Å². The summed E-state index contributed by atoms with van der Waals surface area (Å²) in [6.45, 7) is 1.20. The maximum absolute atomic E-state index is 13.6. The van der Waals surface area contributed by atoms with Crippen molar-refractivity contribution in [1.29, 1.82) is 0 Å². The quantitative estimate of drug-likeness (QED) is 0.204. The molecule has 0 aromatic heterocycles. The Bertz CT molecular complexity index is 1380. The van der Waals surface area contributed by atoms with Crippen LogP contribution in [0.15, 0.2) is 45.3 Å². The summed E-state index contributed by atoms with van der Waals surface area (Å²) in [4.78, 5) is 43.0. The Morgan fingerprint density at radius 2 is 1.77 bits per heavy atom. The first-order valence-electron chi connectivity index (χ1n) is 12.8. The van der Waals surface area contributed by atoms with E-state index in [0.717, 1.165) is 17.7 Å². The van der Waals surface area contributed by atoms with Crippen LogP contribution in [-0.2, 0) is 21.2 Å². The Labute approximate surface area is 255 Å². The number of rotatable bonds is 9. The second-order valence-electron chi connectivity index (χ2n) is 9.75. The summed E-state index contributed by atoms with van der Waals surface area (Å²) < 4.78 is 28.5. The van der Waals surface area contributed by atoms with Crippen LogP contribution in [0.5, 0.6) is 0 Å². The van der Waals surface area contributed by atoms with Gasteiger partial charge in [0.05, 0.1) is 11.4 Å². The van der Waals surface area contributed by atoms with Crippen molar-refractivity contribution in [3.8, 4) is 0 Å². The third-order valence-electron chi connectivity index (χ3n) is 7.12. The van der Waals surface area contributed by atoms with Gasteiger partial charge >= 0.3 is 6.03 Å². The number of Topliss-reactive ketones (excluding diaryl/α,β-unsaturated/α-hetero) is 1. The number of carbonyl (C=O) groups excluding carboxylic acids is 3. The molecule has 1 atom stereocenters. The lowest BCUT2D eigenvalue weighted by Gasteiger charge is -2.39. The molecule has 0 aliphatic carbocycles. The number of amides is 3. The summed E-state index contributed by atoms with van der Waals surface area (Å²) in [7, 11) is -3.91. The number of para-hydroxylation sites is 1. The molecule has 0 saturated carbocycles. The van der Waals surface area contributed by atoms with E-state index in [4.69, 9.17) is 17.3 Å². The topological polar surface area (TPSA) is 142 Å². The SMILES string of the molecule is Nc1c(Br)cc(C(=O)CC(NS(=O)(=O)CCCl)C(=O)N2CCC(N3CCc4ccccc4NC3=O)CC2)cc1Br. The van der Waals surface area contributed by atoms with Gasteiger partial charge < -0.3 is 20.9 Å². The molecule has 0 spiro atoms. The Kier molecular flexibility index (Phi) is 10.1. The smallest absolute Gasteiger partial charge is 0.322 e. The van der Waals surface area contributed by atoms with Crippen molar-refractivity contribution in [2.45, 2.75) is 37.8 Å². The van der Waals surface area contributed by atoms with Crippen LogP contribution < -0.4 is 15.8 Å². The summed E-state index contributed by atoms with van der Waals surface area (Å²) in [6, 6.07) is 9.22. The van der Waals surface area contributed by atoms with Crippen LogP contribution >= 0.6 is 43.5 Å². The molecule has 3 amide bonds. The van der Waals surface area contributed by atoms with Gasteiger partial charge in [0.1, 0.15) is 6.04 Å². The predicted molar refractivity (Wildman–Crippen MR) is 162 cm³/mol. The first-order chi connectivity index (χ1) is 19.0. The largest absolute Gasteiger partial charge is 0.397 e. The highest BCUT2D eigenvalue weighted by Gasteiger charge is 2.35. The fourth-order valence-corrected chi connectivity index (χ4v) is 7.70. The van der Waals surface area contributed by atoms with Crippen LogP contribution in [0.4, 0.5) is 16.2 Å². The summed E-state index contributed by atoms with van der Waals surface area (Å²) in [5.41, 5.74) is 8.48. The van der Waals surface area contributed by atoms with Gasteiger partial charge in [0.25, 0.3) is 0 Å². The molecule has 216 valence electrons. The predicted octanol–water partition coefficient (Wildman–Crippen LogP) is 3.97. The van der Waals surface area contributed by atoms with Crippen molar-refractivity contribution in [3.63, 3.8) is 0 Å². The van der Waals surface area contributed by atoms with Crippen molar-refractivity contribution in [2.24, 2.45) is 0 Å². The van der Waals surface area contributed by atoms with Crippen molar-refractivity contribution in [1.82, 2.24) is 14.5 Å². The maximum Gasteiger partial charge on any atom is 0.322 e. The van der Waals surface area contributed by atoms with Crippen molar-refractivity contribution in [2.75, 3.05) is 42.3 Å². The zero-order valence-electron chi connectivity index (χ0n) is 21.5. The number of carbonyl (C=O) groups is 3. The van der Waals surface area contributed by atoms with Gasteiger partial charge in [-0.2, -0.15) is 0 Å². The number of halogens is 3. The second-order valence-corrected chi connectivity index (χ2v) is 13.7. The number of hydrogen-bond acceptors (Lipinski definition) is 6. The van der Waals surface area contributed by atoms with Crippen LogP contribution in [0.1, 0.15) is 35.2 Å². The van der Waals surface area contributed by atoms with Gasteiger partial charge in [0.15, 0.2) is 5.78 Å². The van der Waals surface area contributed by atoms with Crippen LogP contribution in [-0.4, -0.2) is 79.3 Å². The van der Waals surface area contributed by atoms with Crippen LogP contribution in [0.2, 0.25) is 0 Å². The molecule has 2 aliphatic heterocycles. The number of fused-ring (bicyclic) bond motifs is 1. The molecule has 4 N–H and O–H groups in total. The highest BCUT2D eigenvalue weighted by atomic mass is 79.9. The van der Waals surface area contributed by atoms with E-state index < -0.39 is 27.8 Å². The molecule has 0 radical (unpaired) electrons. The minimum atomic E-state index is -3.91. The molecule has 2 aliphatic rings. The van der Waals surface area contributed by atoms with Gasteiger partial charge in [-0.1, -0.05) is 18.2 Å². The lowest BCUT2D eigenvalue weighted by atomic mass is 9.99. The average molecular weight is 720 g/mol. The minimum absolute atomic E-state index is 0.0733. The zero-order chi connectivity index (χ0) is 29.0. The molecule has 0 bridgehead atoms. The van der Waals surface area contributed by atoms with Crippen molar-refractivity contribution >= 4 is 82.6 Å². The molecule has 10 nitrogen and oxygen atoms in total. The summed E-state index contributed by atoms with van der Waals surface area (Å²) in [5, 5.41) is 2.98. The summed E-state index contributed by atoms with van der Waals surface area (Å²) >= 11 is 12.3.